The van der Waals surface area contributed by atoms with Crippen molar-refractivity contribution in [3.05, 3.63) is 35.9 Å². The summed E-state index contributed by atoms with van der Waals surface area (Å²) in [6, 6.07) is 10.6. The summed E-state index contributed by atoms with van der Waals surface area (Å²) < 4.78 is 5.52. The van der Waals surface area contributed by atoms with E-state index in [2.05, 4.69) is 44.2 Å². The molecule has 0 heterocycles. The van der Waals surface area contributed by atoms with Gasteiger partial charge in [-0.25, -0.2) is 0 Å². The van der Waals surface area contributed by atoms with Crippen molar-refractivity contribution < 1.29 is 4.74 Å². The minimum Gasteiger partial charge on any atom is -0.381 e. The van der Waals surface area contributed by atoms with Crippen LogP contribution in [0.1, 0.15) is 25.8 Å². The Morgan fingerprint density at radius 1 is 1.14 bits per heavy atom. The standard InChI is InChI=1S/C13H20O/c1-12(2)11-14-10-6-9-13-7-4-3-5-8-13/h3-5,7-8,12H,6,9-11H2,1-2H3. The van der Waals surface area contributed by atoms with E-state index in [0.29, 0.717) is 5.92 Å². The predicted octanol–water partition coefficient (Wildman–Crippen LogP) is 3.29. The van der Waals surface area contributed by atoms with E-state index in [4.69, 9.17) is 4.74 Å². The van der Waals surface area contributed by atoms with Gasteiger partial charge in [-0.15, -0.1) is 0 Å². The third-order valence-corrected chi connectivity index (χ3v) is 2.05. The molecule has 1 rings (SSSR count). The highest BCUT2D eigenvalue weighted by atomic mass is 16.5. The van der Waals surface area contributed by atoms with Gasteiger partial charge < -0.3 is 4.74 Å². The second kappa shape index (κ2) is 6.61. The zero-order valence-corrected chi connectivity index (χ0v) is 9.20. The Balaban J connectivity index is 2.05. The molecule has 0 spiro atoms. The molecule has 0 aliphatic carbocycles. The molecular formula is C13H20O. The molecule has 0 radical (unpaired) electrons. The van der Waals surface area contributed by atoms with Crippen molar-refractivity contribution in [3.63, 3.8) is 0 Å². The zero-order valence-electron chi connectivity index (χ0n) is 9.20. The molecule has 1 nitrogen and oxygen atoms in total. The van der Waals surface area contributed by atoms with Gasteiger partial charge in [0.15, 0.2) is 0 Å². The second-order valence-electron chi connectivity index (χ2n) is 4.06. The van der Waals surface area contributed by atoms with Crippen molar-refractivity contribution in [2.45, 2.75) is 26.7 Å². The smallest absolute Gasteiger partial charge is 0.0488 e. The van der Waals surface area contributed by atoms with Crippen molar-refractivity contribution in [1.82, 2.24) is 0 Å². The fraction of sp³-hybridized carbons (Fsp3) is 0.538. The fourth-order valence-electron chi connectivity index (χ4n) is 1.34. The Labute approximate surface area is 87.1 Å². The molecule has 1 aromatic carbocycles. The van der Waals surface area contributed by atoms with Crippen LogP contribution in [0.2, 0.25) is 0 Å². The number of aryl methyl sites for hydroxylation is 1. The fourth-order valence-corrected chi connectivity index (χ4v) is 1.34. The van der Waals surface area contributed by atoms with E-state index >= 15 is 0 Å². The Hall–Kier alpha value is -0.820. The van der Waals surface area contributed by atoms with Crippen LogP contribution in [0.4, 0.5) is 0 Å². The van der Waals surface area contributed by atoms with Gasteiger partial charge in [0.05, 0.1) is 0 Å². The minimum absolute atomic E-state index is 0.645. The van der Waals surface area contributed by atoms with Crippen molar-refractivity contribution >= 4 is 0 Å². The summed E-state index contributed by atoms with van der Waals surface area (Å²) in [6.07, 6.45) is 2.25. The highest BCUT2D eigenvalue weighted by molar-refractivity contribution is 5.14. The normalized spacial score (nSPS) is 10.8. The number of hydrogen-bond acceptors (Lipinski definition) is 1. The van der Waals surface area contributed by atoms with Crippen LogP contribution in [0.15, 0.2) is 30.3 Å². The summed E-state index contributed by atoms with van der Waals surface area (Å²) in [5.41, 5.74) is 1.40. The van der Waals surface area contributed by atoms with Crippen LogP contribution in [-0.4, -0.2) is 13.2 Å². The molecule has 1 aromatic rings. The first kappa shape index (κ1) is 11.3. The topological polar surface area (TPSA) is 9.23 Å². The monoisotopic (exact) mass is 192 g/mol. The zero-order chi connectivity index (χ0) is 10.2. The Bertz CT molecular complexity index is 228. The minimum atomic E-state index is 0.645. The second-order valence-corrected chi connectivity index (χ2v) is 4.06. The first-order valence-electron chi connectivity index (χ1n) is 5.40. The number of rotatable bonds is 6. The van der Waals surface area contributed by atoms with E-state index in [-0.39, 0.29) is 0 Å². The first-order valence-corrected chi connectivity index (χ1v) is 5.40. The van der Waals surface area contributed by atoms with Crippen molar-refractivity contribution in [3.8, 4) is 0 Å². The van der Waals surface area contributed by atoms with E-state index in [1.165, 1.54) is 5.56 Å². The van der Waals surface area contributed by atoms with Gasteiger partial charge in [-0.05, 0) is 24.3 Å². The summed E-state index contributed by atoms with van der Waals surface area (Å²) in [7, 11) is 0. The number of benzene rings is 1. The van der Waals surface area contributed by atoms with Crippen molar-refractivity contribution in [2.24, 2.45) is 5.92 Å². The van der Waals surface area contributed by atoms with Crippen LogP contribution >= 0.6 is 0 Å². The molecule has 78 valence electrons. The lowest BCUT2D eigenvalue weighted by Crippen LogP contribution is -2.03. The average molecular weight is 192 g/mol. The molecule has 14 heavy (non-hydrogen) atoms. The molecule has 0 saturated carbocycles. The Morgan fingerprint density at radius 2 is 1.86 bits per heavy atom. The maximum absolute atomic E-state index is 5.52. The van der Waals surface area contributed by atoms with E-state index < -0.39 is 0 Å². The lowest BCUT2D eigenvalue weighted by atomic mass is 10.1. The molecule has 0 amide bonds. The van der Waals surface area contributed by atoms with E-state index in [1.807, 2.05) is 0 Å². The summed E-state index contributed by atoms with van der Waals surface area (Å²) in [5, 5.41) is 0. The van der Waals surface area contributed by atoms with Crippen LogP contribution in [0.5, 0.6) is 0 Å². The van der Waals surface area contributed by atoms with Gasteiger partial charge in [-0.1, -0.05) is 44.2 Å². The third-order valence-electron chi connectivity index (χ3n) is 2.05. The summed E-state index contributed by atoms with van der Waals surface area (Å²) in [4.78, 5) is 0. The third kappa shape index (κ3) is 5.03. The van der Waals surface area contributed by atoms with Crippen LogP contribution in [0, 0.1) is 5.92 Å². The van der Waals surface area contributed by atoms with E-state index in [9.17, 15) is 0 Å². The van der Waals surface area contributed by atoms with Gasteiger partial charge in [0.1, 0.15) is 0 Å². The van der Waals surface area contributed by atoms with Gasteiger partial charge in [-0.2, -0.15) is 0 Å². The quantitative estimate of drug-likeness (QED) is 0.628. The average Bonchev–Trinajstić information content (AvgIpc) is 2.18. The molecule has 0 saturated heterocycles. The van der Waals surface area contributed by atoms with E-state index in [1.54, 1.807) is 0 Å². The van der Waals surface area contributed by atoms with Crippen molar-refractivity contribution in [1.29, 1.82) is 0 Å². The molecule has 0 unspecified atom stereocenters. The van der Waals surface area contributed by atoms with Crippen LogP contribution in [0.25, 0.3) is 0 Å². The molecule has 1 heteroatoms. The molecule has 0 aromatic heterocycles. The van der Waals surface area contributed by atoms with Gasteiger partial charge >= 0.3 is 0 Å². The van der Waals surface area contributed by atoms with Crippen LogP contribution in [0.3, 0.4) is 0 Å². The highest BCUT2D eigenvalue weighted by Gasteiger charge is 1.94. The maximum Gasteiger partial charge on any atom is 0.0488 e. The Kier molecular flexibility index (Phi) is 5.31. The summed E-state index contributed by atoms with van der Waals surface area (Å²) in [5.74, 6) is 0.645. The van der Waals surface area contributed by atoms with Crippen molar-refractivity contribution in [2.75, 3.05) is 13.2 Å². The van der Waals surface area contributed by atoms with Gasteiger partial charge in [-0.3, -0.25) is 0 Å². The first-order chi connectivity index (χ1) is 6.79. The summed E-state index contributed by atoms with van der Waals surface area (Å²) >= 11 is 0. The highest BCUT2D eigenvalue weighted by Crippen LogP contribution is 2.02. The molecule has 0 bridgehead atoms. The molecule has 0 aliphatic heterocycles. The molecule has 0 atom stereocenters. The largest absolute Gasteiger partial charge is 0.381 e. The van der Waals surface area contributed by atoms with Crippen LogP contribution in [-0.2, 0) is 11.2 Å². The molecule has 0 fully saturated rings. The molecule has 0 aliphatic rings. The van der Waals surface area contributed by atoms with Crippen LogP contribution < -0.4 is 0 Å². The SMILES string of the molecule is CC(C)COCCCc1ccccc1. The van der Waals surface area contributed by atoms with Gasteiger partial charge in [0.2, 0.25) is 0 Å². The molecular weight excluding hydrogens is 172 g/mol. The number of hydrogen-bond donors (Lipinski definition) is 0. The Morgan fingerprint density at radius 3 is 2.50 bits per heavy atom. The predicted molar refractivity (Wildman–Crippen MR) is 60.4 cm³/mol. The van der Waals surface area contributed by atoms with Gasteiger partial charge in [0, 0.05) is 13.2 Å². The maximum atomic E-state index is 5.52. The van der Waals surface area contributed by atoms with Gasteiger partial charge in [0.25, 0.3) is 0 Å². The molecule has 0 N–H and O–H groups in total. The lowest BCUT2D eigenvalue weighted by Gasteiger charge is -2.06. The number of ether oxygens (including phenoxy) is 1. The lowest BCUT2D eigenvalue weighted by molar-refractivity contribution is 0.108. The van der Waals surface area contributed by atoms with E-state index in [0.717, 1.165) is 26.1 Å². The summed E-state index contributed by atoms with van der Waals surface area (Å²) in [6.45, 7) is 6.12.